The highest BCUT2D eigenvalue weighted by atomic mass is 14.6. The van der Waals surface area contributed by atoms with E-state index < -0.39 is 0 Å². The third-order valence-corrected chi connectivity index (χ3v) is 8.15. The maximum absolute atomic E-state index is 2.61. The minimum Gasteiger partial charge on any atom is -0.0622 e. The predicted octanol–water partition coefficient (Wildman–Crippen LogP) is 5.91. The van der Waals surface area contributed by atoms with Gasteiger partial charge in [0.25, 0.3) is 0 Å². The minimum absolute atomic E-state index is 1.04. The van der Waals surface area contributed by atoms with Crippen molar-refractivity contribution in [2.24, 2.45) is 47.3 Å². The Kier molecular flexibility index (Phi) is 3.63. The summed E-state index contributed by atoms with van der Waals surface area (Å²) in [6.45, 7) is 5.21. The van der Waals surface area contributed by atoms with Gasteiger partial charge in [-0.3, -0.25) is 0 Å². The molecule has 4 rings (SSSR count). The van der Waals surface area contributed by atoms with Crippen LogP contribution in [0.15, 0.2) is 0 Å². The van der Waals surface area contributed by atoms with Gasteiger partial charge in [-0.15, -0.1) is 0 Å². The molecule has 4 saturated carbocycles. The Morgan fingerprint density at radius 1 is 0.450 bits per heavy atom. The first-order chi connectivity index (χ1) is 9.75. The lowest BCUT2D eigenvalue weighted by atomic mass is 9.47. The standard InChI is InChI=1S/C20H34/c1-13-11-19-18-10-6-4-8-16(18)14(2)12-20(19)17-9-5-3-7-15(13)17/h13-20H,3-12H2,1-2H3. The summed E-state index contributed by atoms with van der Waals surface area (Å²) in [4.78, 5) is 0. The molecule has 0 N–H and O–H groups in total. The van der Waals surface area contributed by atoms with Crippen LogP contribution in [-0.4, -0.2) is 0 Å². The molecule has 0 aromatic rings. The van der Waals surface area contributed by atoms with E-state index in [4.69, 9.17) is 0 Å². The van der Waals surface area contributed by atoms with E-state index in [1.165, 1.54) is 12.8 Å². The van der Waals surface area contributed by atoms with Crippen LogP contribution < -0.4 is 0 Å². The monoisotopic (exact) mass is 274 g/mol. The Hall–Kier alpha value is 0. The second-order valence-corrected chi connectivity index (χ2v) is 8.98. The van der Waals surface area contributed by atoms with E-state index in [0.717, 1.165) is 47.3 Å². The zero-order valence-corrected chi connectivity index (χ0v) is 13.7. The van der Waals surface area contributed by atoms with Gasteiger partial charge in [0, 0.05) is 0 Å². The third kappa shape index (κ3) is 2.08. The van der Waals surface area contributed by atoms with Crippen molar-refractivity contribution < 1.29 is 0 Å². The molecule has 8 atom stereocenters. The van der Waals surface area contributed by atoms with Gasteiger partial charge in [-0.1, -0.05) is 39.5 Å². The second kappa shape index (κ2) is 5.33. The van der Waals surface area contributed by atoms with E-state index in [2.05, 4.69) is 13.8 Å². The fourth-order valence-electron chi connectivity index (χ4n) is 7.40. The number of hydrogen-bond donors (Lipinski definition) is 0. The summed E-state index contributed by atoms with van der Waals surface area (Å²) in [6, 6.07) is 0. The summed E-state index contributed by atoms with van der Waals surface area (Å²) in [6.07, 6.45) is 15.6. The van der Waals surface area contributed by atoms with E-state index in [9.17, 15) is 0 Å². The summed E-state index contributed by atoms with van der Waals surface area (Å²) in [5.74, 6) is 8.81. The van der Waals surface area contributed by atoms with E-state index in [0.29, 0.717) is 0 Å². The Bertz CT molecular complexity index is 312. The van der Waals surface area contributed by atoms with Crippen LogP contribution in [0.5, 0.6) is 0 Å². The Morgan fingerprint density at radius 2 is 0.800 bits per heavy atom. The number of hydrogen-bond acceptors (Lipinski definition) is 0. The maximum Gasteiger partial charge on any atom is -0.0349 e. The minimum atomic E-state index is 1.04. The van der Waals surface area contributed by atoms with Crippen molar-refractivity contribution in [2.75, 3.05) is 0 Å². The lowest BCUT2D eigenvalue weighted by Crippen LogP contribution is -2.50. The van der Waals surface area contributed by atoms with Gasteiger partial charge in [0.1, 0.15) is 0 Å². The van der Waals surface area contributed by atoms with Gasteiger partial charge >= 0.3 is 0 Å². The molecular weight excluding hydrogens is 240 g/mol. The van der Waals surface area contributed by atoms with Crippen LogP contribution >= 0.6 is 0 Å². The first-order valence-electron chi connectivity index (χ1n) is 9.75. The van der Waals surface area contributed by atoms with Gasteiger partial charge in [-0.2, -0.15) is 0 Å². The van der Waals surface area contributed by atoms with Crippen molar-refractivity contribution >= 4 is 0 Å². The normalized spacial score (nSPS) is 55.5. The number of fused-ring (bicyclic) bond motifs is 5. The number of rotatable bonds is 0. The predicted molar refractivity (Wildman–Crippen MR) is 85.4 cm³/mol. The van der Waals surface area contributed by atoms with Crippen LogP contribution in [0.3, 0.4) is 0 Å². The van der Waals surface area contributed by atoms with Crippen molar-refractivity contribution in [3.05, 3.63) is 0 Å². The molecule has 0 heterocycles. The summed E-state index contributed by atoms with van der Waals surface area (Å²) in [5, 5.41) is 0. The van der Waals surface area contributed by atoms with Gasteiger partial charge < -0.3 is 0 Å². The molecule has 0 nitrogen and oxygen atoms in total. The highest BCUT2D eigenvalue weighted by molar-refractivity contribution is 5.00. The molecule has 4 aliphatic rings. The fourth-order valence-corrected chi connectivity index (χ4v) is 7.40. The van der Waals surface area contributed by atoms with Crippen LogP contribution in [0.25, 0.3) is 0 Å². The molecule has 0 saturated heterocycles. The largest absolute Gasteiger partial charge is 0.0622 e. The van der Waals surface area contributed by atoms with Crippen LogP contribution in [0.1, 0.15) is 78.1 Å². The molecule has 0 aromatic carbocycles. The zero-order chi connectivity index (χ0) is 13.7. The van der Waals surface area contributed by atoms with Crippen LogP contribution in [0.4, 0.5) is 0 Å². The van der Waals surface area contributed by atoms with E-state index in [1.54, 1.807) is 51.4 Å². The van der Waals surface area contributed by atoms with Crippen molar-refractivity contribution in [1.82, 2.24) is 0 Å². The van der Waals surface area contributed by atoms with Crippen molar-refractivity contribution in [2.45, 2.75) is 78.1 Å². The van der Waals surface area contributed by atoms with Crippen molar-refractivity contribution in [3.8, 4) is 0 Å². The average Bonchev–Trinajstić information content (AvgIpc) is 2.49. The summed E-state index contributed by atoms with van der Waals surface area (Å²) < 4.78 is 0. The van der Waals surface area contributed by atoms with Gasteiger partial charge in [0.15, 0.2) is 0 Å². The molecule has 8 unspecified atom stereocenters. The summed E-state index contributed by atoms with van der Waals surface area (Å²) >= 11 is 0. The molecule has 4 fully saturated rings. The fraction of sp³-hybridized carbons (Fsp3) is 1.00. The molecule has 4 aliphatic carbocycles. The molecule has 0 aliphatic heterocycles. The van der Waals surface area contributed by atoms with Crippen LogP contribution in [0.2, 0.25) is 0 Å². The molecule has 0 heteroatoms. The third-order valence-electron chi connectivity index (χ3n) is 8.15. The molecule has 0 spiro atoms. The molecular formula is C20H34. The van der Waals surface area contributed by atoms with Gasteiger partial charge in [0.2, 0.25) is 0 Å². The quantitative estimate of drug-likeness (QED) is 0.515. The highest BCUT2D eigenvalue weighted by Gasteiger charge is 2.51. The smallest absolute Gasteiger partial charge is 0.0349 e. The van der Waals surface area contributed by atoms with Gasteiger partial charge in [0.05, 0.1) is 0 Å². The first kappa shape index (κ1) is 13.6. The van der Waals surface area contributed by atoms with E-state index in [-0.39, 0.29) is 0 Å². The lowest BCUT2D eigenvalue weighted by molar-refractivity contribution is -0.0847. The van der Waals surface area contributed by atoms with Crippen LogP contribution in [-0.2, 0) is 0 Å². The SMILES string of the molecule is CC1CC2C3CCCCC3C(C)CC2C2CCCCC12. The molecule has 0 amide bonds. The van der Waals surface area contributed by atoms with Crippen LogP contribution in [0, 0.1) is 47.3 Å². The first-order valence-corrected chi connectivity index (χ1v) is 9.75. The topological polar surface area (TPSA) is 0 Å². The summed E-state index contributed by atoms with van der Waals surface area (Å²) in [5.41, 5.74) is 0. The maximum atomic E-state index is 2.61. The Balaban J connectivity index is 1.61. The Morgan fingerprint density at radius 3 is 1.20 bits per heavy atom. The molecule has 0 bridgehead atoms. The molecule has 20 heavy (non-hydrogen) atoms. The molecule has 0 radical (unpaired) electrons. The Labute approximate surface area is 126 Å². The van der Waals surface area contributed by atoms with E-state index >= 15 is 0 Å². The molecule has 0 aromatic heterocycles. The average molecular weight is 274 g/mol. The van der Waals surface area contributed by atoms with Gasteiger partial charge in [-0.05, 0) is 85.9 Å². The second-order valence-electron chi connectivity index (χ2n) is 8.98. The van der Waals surface area contributed by atoms with E-state index in [1.807, 2.05) is 0 Å². The molecule has 114 valence electrons. The van der Waals surface area contributed by atoms with Crippen molar-refractivity contribution in [3.63, 3.8) is 0 Å². The highest BCUT2D eigenvalue weighted by Crippen LogP contribution is 2.59. The van der Waals surface area contributed by atoms with Gasteiger partial charge in [-0.25, -0.2) is 0 Å². The summed E-state index contributed by atoms with van der Waals surface area (Å²) in [7, 11) is 0. The van der Waals surface area contributed by atoms with Crippen molar-refractivity contribution in [1.29, 1.82) is 0 Å². The lowest BCUT2D eigenvalue weighted by Gasteiger charge is -2.58. The zero-order valence-electron chi connectivity index (χ0n) is 13.7.